The van der Waals surface area contributed by atoms with Crippen LogP contribution >= 0.6 is 0 Å². The molecule has 0 atom stereocenters. The zero-order valence-electron chi connectivity index (χ0n) is 31.9. The Bertz CT molecular complexity index is 3310. The Labute approximate surface area is 359 Å². The molecule has 0 saturated carbocycles. The molecule has 20 radical (unpaired) electrons. The van der Waals surface area contributed by atoms with E-state index in [0.717, 1.165) is 49.4 Å². The molecular formula is C45H18B10N4O. The van der Waals surface area contributed by atoms with Crippen molar-refractivity contribution in [2.24, 2.45) is 0 Å². The Balaban J connectivity index is 1.16. The molecule has 10 rings (SSSR count). The molecule has 10 aromatic rings. The van der Waals surface area contributed by atoms with Crippen molar-refractivity contribution >= 4 is 177 Å². The van der Waals surface area contributed by atoms with Crippen LogP contribution < -0.4 is 54.6 Å². The van der Waals surface area contributed by atoms with Crippen molar-refractivity contribution < 1.29 is 4.42 Å². The first kappa shape index (κ1) is 38.0. The molecule has 7 aromatic carbocycles. The van der Waals surface area contributed by atoms with Crippen molar-refractivity contribution in [3.05, 3.63) is 109 Å². The van der Waals surface area contributed by atoms with Gasteiger partial charge in [-0.25, -0.2) is 15.0 Å². The smallest absolute Gasteiger partial charge is 0.164 e. The van der Waals surface area contributed by atoms with Gasteiger partial charge in [0, 0.05) is 43.9 Å². The molecule has 0 N–H and O–H groups in total. The zero-order valence-corrected chi connectivity index (χ0v) is 31.9. The molecule has 254 valence electrons. The van der Waals surface area contributed by atoms with Crippen molar-refractivity contribution in [2.45, 2.75) is 0 Å². The molecule has 5 nitrogen and oxygen atoms in total. The summed E-state index contributed by atoms with van der Waals surface area (Å²) in [7, 11) is 63.3. The Hall–Kier alpha value is -6.20. The van der Waals surface area contributed by atoms with Gasteiger partial charge in [-0.15, -0.1) is 32.8 Å². The fraction of sp³-hybridized carbons (Fsp3) is 0. The second-order valence-corrected chi connectivity index (χ2v) is 14.6. The Kier molecular flexibility index (Phi) is 9.02. The lowest BCUT2D eigenvalue weighted by atomic mass is 9.60. The van der Waals surface area contributed by atoms with Crippen LogP contribution in [-0.2, 0) is 0 Å². The number of fused-ring (bicyclic) bond motifs is 6. The van der Waals surface area contributed by atoms with Gasteiger partial charge in [-0.3, -0.25) is 0 Å². The van der Waals surface area contributed by atoms with E-state index in [2.05, 4.69) is 83.4 Å². The van der Waals surface area contributed by atoms with E-state index in [4.69, 9.17) is 97.8 Å². The van der Waals surface area contributed by atoms with Gasteiger partial charge in [0.15, 0.2) is 17.5 Å². The van der Waals surface area contributed by atoms with Crippen LogP contribution in [0.3, 0.4) is 0 Å². The maximum Gasteiger partial charge on any atom is 0.164 e. The average molecular weight is 739 g/mol. The molecule has 0 fully saturated rings. The van der Waals surface area contributed by atoms with Crippen molar-refractivity contribution in [1.82, 2.24) is 19.5 Å². The molecule has 0 aliphatic carbocycles. The SMILES string of the molecule is [B]c1c([B])c([B])c(-c2nc(-c3ccc4oc5ccc(-c6ccc7c(c6)c6ccccc6n7-c6ccccc6)cc5c4c3)nc(-c3c([B])c([B])c([B])c([B])c3[B])n2)c([B])c1[B]. The van der Waals surface area contributed by atoms with Gasteiger partial charge in [-0.05, 0) is 71.8 Å². The van der Waals surface area contributed by atoms with Gasteiger partial charge in [0.1, 0.15) is 89.6 Å². The minimum Gasteiger partial charge on any atom is -0.456 e. The first-order valence-electron chi connectivity index (χ1n) is 18.8. The molecule has 3 heterocycles. The summed E-state index contributed by atoms with van der Waals surface area (Å²) in [6.45, 7) is 0. The molecule has 3 aromatic heterocycles. The zero-order chi connectivity index (χ0) is 41.7. The number of rotatable bonds is 5. The molecule has 0 aliphatic heterocycles. The predicted molar refractivity (Wildman–Crippen MR) is 257 cm³/mol. The second-order valence-electron chi connectivity index (χ2n) is 14.6. The quantitative estimate of drug-likeness (QED) is 0.223. The summed E-state index contributed by atoms with van der Waals surface area (Å²) in [6, 6.07) is 37.1. The number of aromatic nitrogens is 4. The number of hydrogen-bond donors (Lipinski definition) is 0. The van der Waals surface area contributed by atoms with Crippen LogP contribution in [-0.4, -0.2) is 98.0 Å². The lowest BCUT2D eigenvalue weighted by Gasteiger charge is -2.22. The molecule has 0 bridgehead atoms. The van der Waals surface area contributed by atoms with Crippen LogP contribution in [0, 0.1) is 0 Å². The standard InChI is InChI=1S/C45H18B10N4O/c46-33-31(34(47)38(51)41(54)37(33)50)44-56-43(57-45(58-44)32-35(48)39(52)42(55)40(53)36(32)49)21-12-15-30-26(18-21)25-17-20(11-14-29(25)60-30)19-10-13-28-24(16-19)23-8-4-5-9-27(23)59(28)22-6-2-1-3-7-22/h1-18H. The van der Waals surface area contributed by atoms with Crippen LogP contribution in [0.1, 0.15) is 0 Å². The highest BCUT2D eigenvalue weighted by molar-refractivity contribution is 6.70. The number of para-hydroxylation sites is 2. The van der Waals surface area contributed by atoms with E-state index in [1.165, 1.54) is 0 Å². The normalized spacial score (nSPS) is 11.7. The first-order chi connectivity index (χ1) is 28.9. The van der Waals surface area contributed by atoms with Gasteiger partial charge in [0.25, 0.3) is 0 Å². The van der Waals surface area contributed by atoms with E-state index in [1.807, 2.05) is 30.3 Å². The third kappa shape index (κ3) is 5.80. The fourth-order valence-electron chi connectivity index (χ4n) is 8.01. The van der Waals surface area contributed by atoms with E-state index < -0.39 is 0 Å². The van der Waals surface area contributed by atoms with Crippen molar-refractivity contribution in [1.29, 1.82) is 0 Å². The molecule has 0 spiro atoms. The molecule has 0 saturated heterocycles. The van der Waals surface area contributed by atoms with Crippen molar-refractivity contribution in [2.75, 3.05) is 0 Å². The monoisotopic (exact) mass is 740 g/mol. The highest BCUT2D eigenvalue weighted by Gasteiger charge is 2.22. The molecule has 0 amide bonds. The number of benzene rings is 7. The Morgan fingerprint density at radius 3 is 1.33 bits per heavy atom. The number of nitrogens with zero attached hydrogens (tertiary/aromatic N) is 4. The van der Waals surface area contributed by atoms with E-state index in [0.29, 0.717) is 16.7 Å². The lowest BCUT2D eigenvalue weighted by Crippen LogP contribution is -2.55. The van der Waals surface area contributed by atoms with Gasteiger partial charge < -0.3 is 8.98 Å². The van der Waals surface area contributed by atoms with Crippen molar-refractivity contribution in [3.63, 3.8) is 0 Å². The predicted octanol–water partition coefficient (Wildman–Crippen LogP) is -0.526. The van der Waals surface area contributed by atoms with Gasteiger partial charge >= 0.3 is 0 Å². The summed E-state index contributed by atoms with van der Waals surface area (Å²) in [5, 5.41) is 4.00. The minimum absolute atomic E-state index is 0.0135. The van der Waals surface area contributed by atoms with Gasteiger partial charge in [-0.1, -0.05) is 70.4 Å². The average Bonchev–Trinajstić information content (AvgIpc) is 3.81. The van der Waals surface area contributed by atoms with Gasteiger partial charge in [0.2, 0.25) is 0 Å². The van der Waals surface area contributed by atoms with Crippen LogP contribution in [0.4, 0.5) is 0 Å². The number of furan rings is 1. The summed E-state index contributed by atoms with van der Waals surface area (Å²) in [4.78, 5) is 14.4. The second kappa shape index (κ2) is 14.2. The molecular weight excluding hydrogens is 721 g/mol. The summed E-state index contributed by atoms with van der Waals surface area (Å²) < 4.78 is 8.63. The largest absolute Gasteiger partial charge is 0.456 e. The fourth-order valence-corrected chi connectivity index (χ4v) is 8.01. The third-order valence-electron chi connectivity index (χ3n) is 11.2. The lowest BCUT2D eigenvalue weighted by molar-refractivity contribution is 0.669. The summed E-state index contributed by atoms with van der Waals surface area (Å²) in [5.41, 5.74) is 7.83. The molecule has 0 aliphatic rings. The minimum atomic E-state index is 0.0135. The van der Waals surface area contributed by atoms with Crippen molar-refractivity contribution in [3.8, 4) is 51.0 Å². The van der Waals surface area contributed by atoms with Gasteiger partial charge in [0.05, 0.1) is 11.0 Å². The van der Waals surface area contributed by atoms with E-state index in [9.17, 15) is 0 Å². The van der Waals surface area contributed by atoms with Crippen LogP contribution in [0.5, 0.6) is 0 Å². The summed E-state index contributed by atoms with van der Waals surface area (Å²) >= 11 is 0. The third-order valence-corrected chi connectivity index (χ3v) is 11.2. The van der Waals surface area contributed by atoms with Crippen LogP contribution in [0.15, 0.2) is 114 Å². The first-order valence-corrected chi connectivity index (χ1v) is 18.8. The highest BCUT2D eigenvalue weighted by Crippen LogP contribution is 2.38. The molecule has 15 heteroatoms. The summed E-state index contributed by atoms with van der Waals surface area (Å²) in [6.07, 6.45) is 0. The molecule has 0 unspecified atom stereocenters. The van der Waals surface area contributed by atoms with Gasteiger partial charge in [-0.2, -0.15) is 0 Å². The van der Waals surface area contributed by atoms with Crippen LogP contribution in [0.25, 0.3) is 94.7 Å². The highest BCUT2D eigenvalue weighted by atomic mass is 16.3. The maximum atomic E-state index is 6.50. The van der Waals surface area contributed by atoms with E-state index in [-0.39, 0.29) is 83.2 Å². The topological polar surface area (TPSA) is 56.7 Å². The number of hydrogen-bond acceptors (Lipinski definition) is 4. The van der Waals surface area contributed by atoms with E-state index >= 15 is 0 Å². The Morgan fingerprint density at radius 1 is 0.350 bits per heavy atom. The Morgan fingerprint density at radius 2 is 0.767 bits per heavy atom. The van der Waals surface area contributed by atoms with E-state index in [1.54, 1.807) is 0 Å². The van der Waals surface area contributed by atoms with Crippen LogP contribution in [0.2, 0.25) is 0 Å². The maximum absolute atomic E-state index is 6.50. The summed E-state index contributed by atoms with van der Waals surface area (Å²) in [5.74, 6) is 0.224. The molecule has 60 heavy (non-hydrogen) atoms.